The number of carbonyl (C=O) groups is 1. The number of hydrogen-bond donors (Lipinski definition) is 5. The third-order valence-corrected chi connectivity index (χ3v) is 2.89. The van der Waals surface area contributed by atoms with Gasteiger partial charge in [-0.05, 0) is 35.8 Å². The van der Waals surface area contributed by atoms with E-state index in [4.69, 9.17) is 21.5 Å². The molecule has 0 spiro atoms. The van der Waals surface area contributed by atoms with Crippen LogP contribution in [0.4, 0.5) is 11.4 Å². The number of carbonyl (C=O) groups excluding carboxylic acids is 1. The monoisotopic (exact) mass is 272 g/mol. The Morgan fingerprint density at radius 1 is 1.00 bits per heavy atom. The maximum absolute atomic E-state index is 12.3. The maximum atomic E-state index is 12.3. The number of ketones is 1. The fraction of sp³-hybridized carbons (Fsp3) is 0. The Hall–Kier alpha value is -2.51. The molecule has 0 amide bonds. The van der Waals surface area contributed by atoms with Crippen LogP contribution in [0.3, 0.4) is 0 Å². The lowest BCUT2D eigenvalue weighted by Crippen LogP contribution is -2.29. The second-order valence-electron chi connectivity index (χ2n) is 4.33. The largest absolute Gasteiger partial charge is 0.507 e. The minimum Gasteiger partial charge on any atom is -0.507 e. The van der Waals surface area contributed by atoms with Crippen molar-refractivity contribution in [1.82, 2.24) is 0 Å². The first kappa shape index (κ1) is 13.9. The van der Waals surface area contributed by atoms with E-state index in [1.165, 1.54) is 24.3 Å². The summed E-state index contributed by atoms with van der Waals surface area (Å²) in [5.41, 5.74) is 12.2. The second-order valence-corrected chi connectivity index (χ2v) is 4.33. The molecule has 7 N–H and O–H groups in total. The molecule has 0 radical (unpaired) electrons. The highest BCUT2D eigenvalue weighted by Gasteiger charge is 2.19. The Morgan fingerprint density at radius 2 is 1.70 bits per heavy atom. The van der Waals surface area contributed by atoms with Crippen LogP contribution in [0.1, 0.15) is 15.9 Å². The van der Waals surface area contributed by atoms with Crippen molar-refractivity contribution in [3.63, 3.8) is 0 Å². The molecule has 7 heteroatoms. The highest BCUT2D eigenvalue weighted by atomic mass is 16.4. The summed E-state index contributed by atoms with van der Waals surface area (Å²) in [5, 5.41) is 27.8. The molecule has 6 nitrogen and oxygen atoms in total. The molecule has 0 fully saturated rings. The van der Waals surface area contributed by atoms with E-state index in [-0.39, 0.29) is 28.0 Å². The number of anilines is 2. The SMILES string of the molecule is Nc1ccc(N)c(C(=O)c2ccc(B(O)O)cc2O)c1. The van der Waals surface area contributed by atoms with Gasteiger partial charge in [0.05, 0.1) is 5.56 Å². The van der Waals surface area contributed by atoms with Crippen LogP contribution < -0.4 is 16.9 Å². The molecule has 0 saturated heterocycles. The van der Waals surface area contributed by atoms with Gasteiger partial charge in [0.15, 0.2) is 5.78 Å². The standard InChI is InChI=1S/C13H13BN2O4/c15-8-2-4-11(16)10(6-8)13(18)9-3-1-7(14(19)20)5-12(9)17/h1-6,17,19-20H,15-16H2. The minimum atomic E-state index is -1.72. The molecular weight excluding hydrogens is 259 g/mol. The summed E-state index contributed by atoms with van der Waals surface area (Å²) in [6, 6.07) is 8.24. The summed E-state index contributed by atoms with van der Waals surface area (Å²) in [5.74, 6) is -0.853. The van der Waals surface area contributed by atoms with E-state index in [1.54, 1.807) is 6.07 Å². The Morgan fingerprint density at radius 3 is 2.30 bits per heavy atom. The van der Waals surface area contributed by atoms with Crippen molar-refractivity contribution < 1.29 is 19.9 Å². The van der Waals surface area contributed by atoms with Crippen molar-refractivity contribution in [3.8, 4) is 5.75 Å². The van der Waals surface area contributed by atoms with Gasteiger partial charge in [0.2, 0.25) is 0 Å². The normalized spacial score (nSPS) is 10.3. The van der Waals surface area contributed by atoms with E-state index in [9.17, 15) is 9.90 Å². The van der Waals surface area contributed by atoms with Crippen LogP contribution in [0, 0.1) is 0 Å². The van der Waals surface area contributed by atoms with Gasteiger partial charge in [-0.3, -0.25) is 4.79 Å². The molecule has 0 aliphatic heterocycles. The van der Waals surface area contributed by atoms with Crippen LogP contribution in [0.2, 0.25) is 0 Å². The molecular formula is C13H13BN2O4. The van der Waals surface area contributed by atoms with Gasteiger partial charge in [0.1, 0.15) is 5.75 Å². The third kappa shape index (κ3) is 2.58. The van der Waals surface area contributed by atoms with Crippen molar-refractivity contribution in [2.24, 2.45) is 0 Å². The first-order valence-electron chi connectivity index (χ1n) is 5.79. The molecule has 0 atom stereocenters. The molecule has 0 aliphatic carbocycles. The van der Waals surface area contributed by atoms with Gasteiger partial charge >= 0.3 is 7.12 Å². The summed E-state index contributed by atoms with van der Waals surface area (Å²) < 4.78 is 0. The van der Waals surface area contributed by atoms with Crippen LogP contribution in [0.5, 0.6) is 5.75 Å². The van der Waals surface area contributed by atoms with Crippen LogP contribution in [0.15, 0.2) is 36.4 Å². The van der Waals surface area contributed by atoms with Crippen molar-refractivity contribution in [1.29, 1.82) is 0 Å². The summed E-state index contributed by atoms with van der Waals surface area (Å²) in [7, 11) is -1.72. The Labute approximate surface area is 115 Å². The summed E-state index contributed by atoms with van der Waals surface area (Å²) in [6.07, 6.45) is 0. The van der Waals surface area contributed by atoms with E-state index in [1.807, 2.05) is 0 Å². The molecule has 0 heterocycles. The number of phenols is 1. The van der Waals surface area contributed by atoms with E-state index in [0.717, 1.165) is 6.07 Å². The molecule has 0 unspecified atom stereocenters. The fourth-order valence-corrected chi connectivity index (χ4v) is 1.82. The van der Waals surface area contributed by atoms with Gasteiger partial charge in [0, 0.05) is 16.9 Å². The van der Waals surface area contributed by atoms with Crippen LogP contribution in [-0.4, -0.2) is 28.1 Å². The summed E-state index contributed by atoms with van der Waals surface area (Å²) in [4.78, 5) is 12.3. The van der Waals surface area contributed by atoms with Crippen molar-refractivity contribution in [2.75, 3.05) is 11.5 Å². The zero-order chi connectivity index (χ0) is 14.9. The van der Waals surface area contributed by atoms with Crippen molar-refractivity contribution >= 4 is 29.7 Å². The van der Waals surface area contributed by atoms with E-state index < -0.39 is 12.9 Å². The summed E-state index contributed by atoms with van der Waals surface area (Å²) in [6.45, 7) is 0. The van der Waals surface area contributed by atoms with Gasteiger partial charge in [-0.2, -0.15) is 0 Å². The third-order valence-electron chi connectivity index (χ3n) is 2.89. The lowest BCUT2D eigenvalue weighted by molar-refractivity contribution is 0.103. The zero-order valence-corrected chi connectivity index (χ0v) is 10.4. The lowest BCUT2D eigenvalue weighted by atomic mass is 9.79. The van der Waals surface area contributed by atoms with Gasteiger partial charge in [-0.15, -0.1) is 0 Å². The molecule has 102 valence electrons. The molecule has 2 aromatic carbocycles. The van der Waals surface area contributed by atoms with Gasteiger partial charge < -0.3 is 26.6 Å². The highest BCUT2D eigenvalue weighted by Crippen LogP contribution is 2.24. The molecule has 2 aromatic rings. The number of rotatable bonds is 3. The maximum Gasteiger partial charge on any atom is 0.488 e. The number of nitrogen functional groups attached to an aromatic ring is 2. The average Bonchev–Trinajstić information content (AvgIpc) is 2.40. The Bertz CT molecular complexity index is 673. The van der Waals surface area contributed by atoms with Crippen molar-refractivity contribution in [2.45, 2.75) is 0 Å². The van der Waals surface area contributed by atoms with Crippen LogP contribution in [-0.2, 0) is 0 Å². The minimum absolute atomic E-state index is 0.00620. The lowest BCUT2D eigenvalue weighted by Gasteiger charge is -2.09. The molecule has 20 heavy (non-hydrogen) atoms. The van der Waals surface area contributed by atoms with E-state index in [2.05, 4.69) is 0 Å². The Balaban J connectivity index is 2.46. The number of phenolic OH excluding ortho intramolecular Hbond substituents is 1. The number of aromatic hydroxyl groups is 1. The van der Waals surface area contributed by atoms with Gasteiger partial charge in [-0.25, -0.2) is 0 Å². The first-order chi connectivity index (χ1) is 9.40. The number of benzene rings is 2. The molecule has 0 aromatic heterocycles. The van der Waals surface area contributed by atoms with Crippen LogP contribution in [0.25, 0.3) is 0 Å². The summed E-state index contributed by atoms with van der Waals surface area (Å²) >= 11 is 0. The fourth-order valence-electron chi connectivity index (χ4n) is 1.82. The first-order valence-corrected chi connectivity index (χ1v) is 5.79. The second kappa shape index (κ2) is 5.24. The number of nitrogens with two attached hydrogens (primary N) is 2. The predicted octanol–water partition coefficient (Wildman–Crippen LogP) is -0.533. The topological polar surface area (TPSA) is 130 Å². The smallest absolute Gasteiger partial charge is 0.488 e. The average molecular weight is 272 g/mol. The number of hydrogen-bond acceptors (Lipinski definition) is 6. The van der Waals surface area contributed by atoms with Crippen LogP contribution >= 0.6 is 0 Å². The molecule has 0 saturated carbocycles. The van der Waals surface area contributed by atoms with Crippen molar-refractivity contribution in [3.05, 3.63) is 47.5 Å². The molecule has 2 rings (SSSR count). The van der Waals surface area contributed by atoms with E-state index in [0.29, 0.717) is 5.69 Å². The van der Waals surface area contributed by atoms with Gasteiger partial charge in [-0.1, -0.05) is 6.07 Å². The zero-order valence-electron chi connectivity index (χ0n) is 10.4. The Kier molecular flexibility index (Phi) is 3.65. The quantitative estimate of drug-likeness (QED) is 0.290. The van der Waals surface area contributed by atoms with Gasteiger partial charge in [0.25, 0.3) is 0 Å². The molecule has 0 bridgehead atoms. The predicted molar refractivity (Wildman–Crippen MR) is 76.6 cm³/mol. The van der Waals surface area contributed by atoms with E-state index >= 15 is 0 Å². The highest BCUT2D eigenvalue weighted by molar-refractivity contribution is 6.58. The molecule has 0 aliphatic rings.